The Morgan fingerprint density at radius 3 is 2.40 bits per heavy atom. The lowest BCUT2D eigenvalue weighted by atomic mass is 10.0. The molecule has 0 aliphatic carbocycles. The van der Waals surface area contributed by atoms with Gasteiger partial charge >= 0.3 is 11.7 Å². The number of esters is 1. The van der Waals surface area contributed by atoms with Crippen LogP contribution >= 0.6 is 0 Å². The van der Waals surface area contributed by atoms with Crippen LogP contribution in [0.3, 0.4) is 0 Å². The average molecular weight is 274 g/mol. The number of ether oxygens (including phenoxy) is 1. The Labute approximate surface area is 117 Å². The van der Waals surface area contributed by atoms with Gasteiger partial charge in [-0.15, -0.1) is 0 Å². The van der Waals surface area contributed by atoms with Gasteiger partial charge in [-0.2, -0.15) is 0 Å². The smallest absolute Gasteiger partial charge is 0.328 e. The van der Waals surface area contributed by atoms with E-state index in [-0.39, 0.29) is 18.1 Å². The Hall–Kier alpha value is -2.30. The number of benzene rings is 1. The number of nitrogens with zero attached hydrogens (tertiary/aromatic N) is 2. The zero-order valence-electron chi connectivity index (χ0n) is 11.7. The topological polar surface area (TPSA) is 53.2 Å². The quantitative estimate of drug-likeness (QED) is 0.775. The molecule has 5 nitrogen and oxygen atoms in total. The molecule has 0 atom stereocenters. The molecule has 0 unspecified atom stereocenters. The first-order chi connectivity index (χ1) is 9.65. The summed E-state index contributed by atoms with van der Waals surface area (Å²) in [5, 5.41) is 0. The molecular weight excluding hydrogens is 256 g/mol. The van der Waals surface area contributed by atoms with Crippen molar-refractivity contribution in [2.45, 2.75) is 26.4 Å². The molecule has 0 bridgehead atoms. The molecule has 1 aromatic heterocycles. The van der Waals surface area contributed by atoms with Gasteiger partial charge in [0.15, 0.2) is 0 Å². The van der Waals surface area contributed by atoms with Crippen molar-refractivity contribution in [3.8, 4) is 0 Å². The molecule has 0 saturated carbocycles. The third kappa shape index (κ3) is 2.99. The Morgan fingerprint density at radius 1 is 1.15 bits per heavy atom. The zero-order valence-corrected chi connectivity index (χ0v) is 11.7. The summed E-state index contributed by atoms with van der Waals surface area (Å²) in [6, 6.07) is 7.59. The summed E-state index contributed by atoms with van der Waals surface area (Å²) in [6.07, 6.45) is 3.75. The maximum Gasteiger partial charge on any atom is 0.328 e. The van der Waals surface area contributed by atoms with Crippen LogP contribution in [-0.4, -0.2) is 22.2 Å². The minimum absolute atomic E-state index is 0.0413. The Morgan fingerprint density at radius 2 is 1.80 bits per heavy atom. The lowest BCUT2D eigenvalue weighted by Gasteiger charge is -2.08. The van der Waals surface area contributed by atoms with Crippen molar-refractivity contribution in [3.05, 3.63) is 58.3 Å². The standard InChI is InChI=1S/C15H18N2O3/c1-3-16-8-9-17(15(16)19)11-13-7-5-4-6-12(13)10-14(18)20-2/h4-9H,3,10-11H2,1-2H3. The third-order valence-electron chi connectivity index (χ3n) is 3.28. The minimum Gasteiger partial charge on any atom is -0.469 e. The molecule has 0 saturated heterocycles. The van der Waals surface area contributed by atoms with E-state index in [9.17, 15) is 9.59 Å². The van der Waals surface area contributed by atoms with Crippen LogP contribution in [0.2, 0.25) is 0 Å². The van der Waals surface area contributed by atoms with Gasteiger partial charge in [-0.1, -0.05) is 24.3 Å². The summed E-state index contributed by atoms with van der Waals surface area (Å²) in [5.41, 5.74) is 1.80. The lowest BCUT2D eigenvalue weighted by Crippen LogP contribution is -2.24. The molecule has 0 N–H and O–H groups in total. The molecule has 0 spiro atoms. The maximum atomic E-state index is 12.0. The van der Waals surface area contributed by atoms with Crippen LogP contribution in [0.15, 0.2) is 41.5 Å². The summed E-state index contributed by atoms with van der Waals surface area (Å²) in [4.78, 5) is 23.4. The van der Waals surface area contributed by atoms with Crippen LogP contribution in [0.25, 0.3) is 0 Å². The number of hydrogen-bond donors (Lipinski definition) is 0. The van der Waals surface area contributed by atoms with Crippen molar-refractivity contribution >= 4 is 5.97 Å². The molecule has 20 heavy (non-hydrogen) atoms. The van der Waals surface area contributed by atoms with Crippen LogP contribution in [-0.2, 0) is 29.0 Å². The van der Waals surface area contributed by atoms with Gasteiger partial charge in [-0.25, -0.2) is 4.79 Å². The second kappa shape index (κ2) is 6.23. The summed E-state index contributed by atoms with van der Waals surface area (Å²) >= 11 is 0. The monoisotopic (exact) mass is 274 g/mol. The molecule has 1 heterocycles. The van der Waals surface area contributed by atoms with Crippen LogP contribution in [0.4, 0.5) is 0 Å². The number of aromatic nitrogens is 2. The van der Waals surface area contributed by atoms with E-state index in [2.05, 4.69) is 0 Å². The Balaban J connectivity index is 2.27. The highest BCUT2D eigenvalue weighted by Gasteiger charge is 2.09. The van der Waals surface area contributed by atoms with Gasteiger partial charge in [0.25, 0.3) is 0 Å². The van der Waals surface area contributed by atoms with E-state index in [0.29, 0.717) is 13.1 Å². The maximum absolute atomic E-state index is 12.0. The fourth-order valence-corrected chi connectivity index (χ4v) is 2.11. The van der Waals surface area contributed by atoms with E-state index in [1.54, 1.807) is 21.5 Å². The second-order valence-electron chi connectivity index (χ2n) is 4.52. The largest absolute Gasteiger partial charge is 0.469 e. The molecule has 0 aliphatic heterocycles. The first-order valence-corrected chi connectivity index (χ1v) is 6.55. The first kappa shape index (κ1) is 14.1. The summed E-state index contributed by atoms with van der Waals surface area (Å²) in [6.45, 7) is 3.03. The molecule has 2 aromatic rings. The van der Waals surface area contributed by atoms with Crippen molar-refractivity contribution in [1.29, 1.82) is 0 Å². The molecular formula is C15H18N2O3. The Kier molecular flexibility index (Phi) is 4.40. The molecule has 1 aromatic carbocycles. The normalized spacial score (nSPS) is 10.5. The minimum atomic E-state index is -0.282. The molecule has 2 rings (SSSR count). The summed E-state index contributed by atoms with van der Waals surface area (Å²) in [7, 11) is 1.37. The van der Waals surface area contributed by atoms with E-state index in [1.807, 2.05) is 31.2 Å². The van der Waals surface area contributed by atoms with E-state index >= 15 is 0 Å². The van der Waals surface area contributed by atoms with Crippen molar-refractivity contribution in [2.24, 2.45) is 0 Å². The van der Waals surface area contributed by atoms with E-state index < -0.39 is 0 Å². The van der Waals surface area contributed by atoms with Crippen LogP contribution in [0.5, 0.6) is 0 Å². The van der Waals surface area contributed by atoms with Gasteiger partial charge in [0, 0.05) is 18.9 Å². The number of aryl methyl sites for hydroxylation is 1. The van der Waals surface area contributed by atoms with Crippen LogP contribution < -0.4 is 5.69 Å². The highest BCUT2D eigenvalue weighted by Crippen LogP contribution is 2.11. The lowest BCUT2D eigenvalue weighted by molar-refractivity contribution is -0.139. The summed E-state index contributed by atoms with van der Waals surface area (Å²) < 4.78 is 7.97. The fraction of sp³-hybridized carbons (Fsp3) is 0.333. The third-order valence-corrected chi connectivity index (χ3v) is 3.28. The molecule has 106 valence electrons. The number of imidazole rings is 1. The SMILES string of the molecule is CCn1ccn(Cc2ccccc2CC(=O)OC)c1=O. The van der Waals surface area contributed by atoms with Crippen LogP contribution in [0, 0.1) is 0 Å². The predicted molar refractivity (Wildman–Crippen MR) is 75.6 cm³/mol. The zero-order chi connectivity index (χ0) is 14.5. The number of methoxy groups -OCH3 is 1. The Bertz CT molecular complexity index is 655. The van der Waals surface area contributed by atoms with Gasteiger partial charge in [0.05, 0.1) is 20.1 Å². The average Bonchev–Trinajstić information content (AvgIpc) is 2.81. The highest BCUT2D eigenvalue weighted by molar-refractivity contribution is 5.72. The molecule has 5 heteroatoms. The molecule has 0 aliphatic rings. The summed E-state index contributed by atoms with van der Waals surface area (Å²) in [5.74, 6) is -0.282. The van der Waals surface area contributed by atoms with E-state index in [4.69, 9.17) is 4.74 Å². The first-order valence-electron chi connectivity index (χ1n) is 6.55. The van der Waals surface area contributed by atoms with Crippen molar-refractivity contribution < 1.29 is 9.53 Å². The van der Waals surface area contributed by atoms with Gasteiger partial charge in [0.2, 0.25) is 0 Å². The molecule has 0 radical (unpaired) electrons. The fourth-order valence-electron chi connectivity index (χ4n) is 2.11. The number of carbonyl (C=O) groups is 1. The van der Waals surface area contributed by atoms with Gasteiger partial charge in [-0.05, 0) is 18.1 Å². The number of carbonyl (C=O) groups excluding carboxylic acids is 1. The van der Waals surface area contributed by atoms with Gasteiger partial charge in [-0.3, -0.25) is 13.9 Å². The van der Waals surface area contributed by atoms with Crippen LogP contribution in [0.1, 0.15) is 18.1 Å². The molecule has 0 amide bonds. The highest BCUT2D eigenvalue weighted by atomic mass is 16.5. The van der Waals surface area contributed by atoms with Crippen molar-refractivity contribution in [1.82, 2.24) is 9.13 Å². The van der Waals surface area contributed by atoms with Gasteiger partial charge < -0.3 is 4.74 Å². The van der Waals surface area contributed by atoms with Crippen molar-refractivity contribution in [2.75, 3.05) is 7.11 Å². The number of hydrogen-bond acceptors (Lipinski definition) is 3. The predicted octanol–water partition coefficient (Wildman–Crippen LogP) is 1.43. The van der Waals surface area contributed by atoms with E-state index in [0.717, 1.165) is 11.1 Å². The second-order valence-corrected chi connectivity index (χ2v) is 4.52. The van der Waals surface area contributed by atoms with Gasteiger partial charge in [0.1, 0.15) is 0 Å². The van der Waals surface area contributed by atoms with Crippen molar-refractivity contribution in [3.63, 3.8) is 0 Å². The number of rotatable bonds is 5. The van der Waals surface area contributed by atoms with E-state index in [1.165, 1.54) is 7.11 Å². The molecule has 0 fully saturated rings.